The van der Waals surface area contributed by atoms with Crippen LogP contribution in [0.5, 0.6) is 5.88 Å². The van der Waals surface area contributed by atoms with Gasteiger partial charge in [-0.3, -0.25) is 0 Å². The Labute approximate surface area is 167 Å². The van der Waals surface area contributed by atoms with Gasteiger partial charge in [0.25, 0.3) is 0 Å². The van der Waals surface area contributed by atoms with Gasteiger partial charge in [-0.05, 0) is 25.1 Å². The first-order valence-electron chi connectivity index (χ1n) is 9.65. The van der Waals surface area contributed by atoms with Crippen molar-refractivity contribution in [1.82, 2.24) is 19.6 Å². The van der Waals surface area contributed by atoms with E-state index in [0.717, 1.165) is 29.0 Å². The molecule has 9 heteroatoms. The van der Waals surface area contributed by atoms with E-state index in [1.807, 2.05) is 18.2 Å². The van der Waals surface area contributed by atoms with E-state index in [-0.39, 0.29) is 6.04 Å². The number of anilines is 1. The van der Waals surface area contributed by atoms with E-state index in [1.54, 1.807) is 23.0 Å². The van der Waals surface area contributed by atoms with Crippen molar-refractivity contribution >= 4 is 22.4 Å². The molecule has 5 heterocycles. The van der Waals surface area contributed by atoms with Gasteiger partial charge in [0, 0.05) is 25.4 Å². The van der Waals surface area contributed by atoms with E-state index in [2.05, 4.69) is 26.9 Å². The fourth-order valence-corrected chi connectivity index (χ4v) is 3.61. The SMILES string of the molecule is CC1COCCN1c1nccc2oc(-c3cnc4ccc(OCCN)nn34)cc12. The Morgan fingerprint density at radius 2 is 2.21 bits per heavy atom. The number of aromatic nitrogens is 4. The minimum Gasteiger partial charge on any atom is -0.475 e. The molecule has 0 saturated carbocycles. The molecule has 0 spiro atoms. The summed E-state index contributed by atoms with van der Waals surface area (Å²) in [5, 5.41) is 5.48. The summed E-state index contributed by atoms with van der Waals surface area (Å²) in [6.45, 7) is 5.14. The summed E-state index contributed by atoms with van der Waals surface area (Å²) in [5.74, 6) is 2.07. The van der Waals surface area contributed by atoms with E-state index >= 15 is 0 Å². The van der Waals surface area contributed by atoms with Gasteiger partial charge in [-0.2, -0.15) is 0 Å². The number of nitrogens with zero attached hydrogens (tertiary/aromatic N) is 5. The van der Waals surface area contributed by atoms with Crippen LogP contribution in [0.3, 0.4) is 0 Å². The molecule has 1 unspecified atom stereocenters. The first kappa shape index (κ1) is 17.9. The van der Waals surface area contributed by atoms with Crippen LogP contribution >= 0.6 is 0 Å². The van der Waals surface area contributed by atoms with Gasteiger partial charge < -0.3 is 24.5 Å². The molecule has 1 aliphatic rings. The predicted molar refractivity (Wildman–Crippen MR) is 108 cm³/mol. The molecule has 1 atom stereocenters. The number of nitrogens with two attached hydrogens (primary N) is 1. The van der Waals surface area contributed by atoms with E-state index in [1.165, 1.54) is 0 Å². The van der Waals surface area contributed by atoms with Gasteiger partial charge in [0.2, 0.25) is 5.88 Å². The molecule has 9 nitrogen and oxygen atoms in total. The van der Waals surface area contributed by atoms with Gasteiger partial charge in [0.05, 0.1) is 30.8 Å². The van der Waals surface area contributed by atoms with Crippen LogP contribution in [0.1, 0.15) is 6.92 Å². The summed E-state index contributed by atoms with van der Waals surface area (Å²) < 4.78 is 19.0. The summed E-state index contributed by atoms with van der Waals surface area (Å²) in [7, 11) is 0. The summed E-state index contributed by atoms with van der Waals surface area (Å²) in [5.41, 5.74) is 7.74. The maximum Gasteiger partial charge on any atom is 0.231 e. The molecule has 4 aromatic heterocycles. The summed E-state index contributed by atoms with van der Waals surface area (Å²) in [4.78, 5) is 11.3. The zero-order valence-electron chi connectivity index (χ0n) is 16.1. The van der Waals surface area contributed by atoms with Crippen LogP contribution in [-0.4, -0.2) is 58.5 Å². The van der Waals surface area contributed by atoms with Crippen LogP contribution in [0, 0.1) is 0 Å². The first-order chi connectivity index (χ1) is 14.2. The average molecular weight is 394 g/mol. The molecule has 2 N–H and O–H groups in total. The second-order valence-corrected chi connectivity index (χ2v) is 7.00. The normalized spacial score (nSPS) is 17.3. The van der Waals surface area contributed by atoms with E-state index in [0.29, 0.717) is 43.7 Å². The van der Waals surface area contributed by atoms with Gasteiger partial charge in [0.15, 0.2) is 11.4 Å². The summed E-state index contributed by atoms with van der Waals surface area (Å²) in [6, 6.07) is 7.76. The lowest BCUT2D eigenvalue weighted by Crippen LogP contribution is -2.44. The average Bonchev–Trinajstić information content (AvgIpc) is 3.36. The topological polar surface area (TPSA) is 104 Å². The van der Waals surface area contributed by atoms with Gasteiger partial charge in [-0.1, -0.05) is 0 Å². The van der Waals surface area contributed by atoms with Crippen molar-refractivity contribution in [3.63, 3.8) is 0 Å². The van der Waals surface area contributed by atoms with Crippen molar-refractivity contribution in [3.8, 4) is 17.3 Å². The van der Waals surface area contributed by atoms with Crippen LogP contribution in [0.15, 0.2) is 41.1 Å². The number of morpholine rings is 1. The van der Waals surface area contributed by atoms with E-state index in [4.69, 9.17) is 19.6 Å². The highest BCUT2D eigenvalue weighted by Gasteiger charge is 2.24. The minimum atomic E-state index is 0.250. The van der Waals surface area contributed by atoms with Crippen LogP contribution in [0.4, 0.5) is 5.82 Å². The lowest BCUT2D eigenvalue weighted by atomic mass is 10.2. The molecular weight excluding hydrogens is 372 g/mol. The van der Waals surface area contributed by atoms with Gasteiger partial charge >= 0.3 is 0 Å². The van der Waals surface area contributed by atoms with Crippen LogP contribution < -0.4 is 15.4 Å². The van der Waals surface area contributed by atoms with Crippen LogP contribution in [-0.2, 0) is 4.74 Å². The van der Waals surface area contributed by atoms with Crippen molar-refractivity contribution in [2.45, 2.75) is 13.0 Å². The quantitative estimate of drug-likeness (QED) is 0.549. The van der Waals surface area contributed by atoms with Gasteiger partial charge in [-0.25, -0.2) is 14.5 Å². The summed E-state index contributed by atoms with van der Waals surface area (Å²) in [6.07, 6.45) is 3.52. The fourth-order valence-electron chi connectivity index (χ4n) is 3.61. The molecule has 4 aromatic rings. The highest BCUT2D eigenvalue weighted by molar-refractivity contribution is 5.92. The number of hydrogen-bond donors (Lipinski definition) is 1. The Balaban J connectivity index is 1.58. The van der Waals surface area contributed by atoms with Crippen LogP contribution in [0.2, 0.25) is 0 Å². The smallest absolute Gasteiger partial charge is 0.231 e. The Bertz CT molecular complexity index is 1150. The molecule has 0 amide bonds. The van der Waals surface area contributed by atoms with Crippen LogP contribution in [0.25, 0.3) is 28.1 Å². The van der Waals surface area contributed by atoms with Crippen molar-refractivity contribution in [2.24, 2.45) is 5.73 Å². The molecule has 0 aromatic carbocycles. The van der Waals surface area contributed by atoms with Gasteiger partial charge in [-0.15, -0.1) is 5.10 Å². The second-order valence-electron chi connectivity index (χ2n) is 7.00. The molecule has 0 bridgehead atoms. The lowest BCUT2D eigenvalue weighted by molar-refractivity contribution is 0.0987. The molecule has 1 fully saturated rings. The molecule has 0 aliphatic carbocycles. The van der Waals surface area contributed by atoms with Crippen molar-refractivity contribution < 1.29 is 13.9 Å². The van der Waals surface area contributed by atoms with Crippen molar-refractivity contribution in [1.29, 1.82) is 0 Å². The standard InChI is InChI=1S/C20H22N6O3/c1-13-12-27-9-7-25(13)20-14-10-17(29-16(14)4-6-22-20)15-11-23-18-2-3-19(24-26(15)18)28-8-5-21/h2-4,6,10-11,13H,5,7-9,12,21H2,1H3. The molecule has 1 saturated heterocycles. The zero-order chi connectivity index (χ0) is 19.8. The molecule has 150 valence electrons. The summed E-state index contributed by atoms with van der Waals surface area (Å²) >= 11 is 0. The number of fused-ring (bicyclic) bond motifs is 2. The maximum atomic E-state index is 6.15. The first-order valence-corrected chi connectivity index (χ1v) is 9.65. The lowest BCUT2D eigenvalue weighted by Gasteiger charge is -2.34. The largest absolute Gasteiger partial charge is 0.475 e. The fraction of sp³-hybridized carbons (Fsp3) is 0.350. The van der Waals surface area contributed by atoms with Crippen molar-refractivity contribution in [2.75, 3.05) is 37.8 Å². The van der Waals surface area contributed by atoms with E-state index < -0.39 is 0 Å². The third-order valence-corrected chi connectivity index (χ3v) is 5.02. The molecule has 29 heavy (non-hydrogen) atoms. The molecule has 5 rings (SSSR count). The number of ether oxygens (including phenoxy) is 2. The predicted octanol–water partition coefficient (Wildman–Crippen LogP) is 2.10. The third kappa shape index (κ3) is 3.18. The number of pyridine rings is 1. The minimum absolute atomic E-state index is 0.250. The molecular formula is C20H22N6O3. The molecule has 0 radical (unpaired) electrons. The monoisotopic (exact) mass is 394 g/mol. The Morgan fingerprint density at radius 3 is 3.07 bits per heavy atom. The highest BCUT2D eigenvalue weighted by atomic mass is 16.5. The number of rotatable bonds is 5. The third-order valence-electron chi connectivity index (χ3n) is 5.02. The Kier molecular flexibility index (Phi) is 4.53. The maximum absolute atomic E-state index is 6.15. The zero-order valence-corrected chi connectivity index (χ0v) is 16.1. The number of hydrogen-bond acceptors (Lipinski definition) is 8. The Hall–Kier alpha value is -3.17. The number of furan rings is 1. The van der Waals surface area contributed by atoms with E-state index in [9.17, 15) is 0 Å². The van der Waals surface area contributed by atoms with Crippen molar-refractivity contribution in [3.05, 3.63) is 36.7 Å². The highest BCUT2D eigenvalue weighted by Crippen LogP contribution is 2.34. The Morgan fingerprint density at radius 1 is 1.28 bits per heavy atom. The van der Waals surface area contributed by atoms with Gasteiger partial charge in [0.1, 0.15) is 23.7 Å². The molecule has 1 aliphatic heterocycles. The second kappa shape index (κ2) is 7.34. The number of imidazole rings is 1.